The molecule has 0 spiro atoms. The Morgan fingerprint density at radius 3 is 2.76 bits per heavy atom. The second-order valence-electron chi connectivity index (χ2n) is 3.21. The minimum Gasteiger partial charge on any atom is -0.463 e. The molecule has 0 atom stereocenters. The van der Waals surface area contributed by atoms with E-state index < -0.39 is 5.97 Å². The van der Waals surface area contributed by atoms with E-state index in [1.54, 1.807) is 12.1 Å². The first-order valence-corrected chi connectivity index (χ1v) is 5.30. The van der Waals surface area contributed by atoms with E-state index in [0.717, 1.165) is 0 Å². The van der Waals surface area contributed by atoms with Crippen molar-refractivity contribution in [1.29, 1.82) is 0 Å². The summed E-state index contributed by atoms with van der Waals surface area (Å²) in [6.07, 6.45) is 0. The highest BCUT2D eigenvalue weighted by atomic mass is 16.5. The van der Waals surface area contributed by atoms with Crippen LogP contribution in [0.25, 0.3) is 0 Å². The van der Waals surface area contributed by atoms with E-state index in [9.17, 15) is 4.79 Å². The van der Waals surface area contributed by atoms with Crippen LogP contribution in [-0.2, 0) is 20.8 Å². The lowest BCUT2D eigenvalue weighted by molar-refractivity contribution is 0.0357. The molecule has 0 aliphatic carbocycles. The Bertz CT molecular complexity index is 336. The van der Waals surface area contributed by atoms with Crippen LogP contribution in [0.2, 0.25) is 0 Å². The van der Waals surface area contributed by atoms with Crippen molar-refractivity contribution in [1.82, 2.24) is 0 Å². The molecule has 6 nitrogen and oxygen atoms in total. The largest absolute Gasteiger partial charge is 0.463 e. The molecule has 1 aromatic rings. The third kappa shape index (κ3) is 4.99. The van der Waals surface area contributed by atoms with Crippen LogP contribution in [0.4, 0.5) is 0 Å². The minimum atomic E-state index is -0.498. The van der Waals surface area contributed by atoms with Crippen LogP contribution in [-0.4, -0.2) is 39.4 Å². The number of ether oxygens (including phenoxy) is 3. The molecule has 0 aromatic carbocycles. The smallest absolute Gasteiger partial charge is 0.373 e. The molecule has 0 saturated carbocycles. The minimum absolute atomic E-state index is 0.172. The number of hydrogen-bond donors (Lipinski definition) is 1. The van der Waals surface area contributed by atoms with Gasteiger partial charge in [-0.3, -0.25) is 0 Å². The summed E-state index contributed by atoms with van der Waals surface area (Å²) in [7, 11) is 1.30. The average molecular weight is 243 g/mol. The normalized spacial score (nSPS) is 10.5. The number of methoxy groups -OCH3 is 1. The zero-order valence-electron chi connectivity index (χ0n) is 9.81. The first-order chi connectivity index (χ1) is 8.27. The number of esters is 1. The number of rotatable bonds is 8. The Hall–Kier alpha value is -1.37. The molecule has 6 heteroatoms. The summed E-state index contributed by atoms with van der Waals surface area (Å²) >= 11 is 0. The van der Waals surface area contributed by atoms with Crippen molar-refractivity contribution in [3.8, 4) is 0 Å². The molecule has 96 valence electrons. The van der Waals surface area contributed by atoms with Gasteiger partial charge >= 0.3 is 5.97 Å². The molecule has 2 N–H and O–H groups in total. The molecule has 0 fully saturated rings. The third-order valence-corrected chi connectivity index (χ3v) is 1.93. The highest BCUT2D eigenvalue weighted by Crippen LogP contribution is 2.09. The Labute approximate surface area is 99.6 Å². The number of nitrogens with two attached hydrogens (primary N) is 1. The summed E-state index contributed by atoms with van der Waals surface area (Å²) in [6.45, 7) is 2.26. The molecular formula is C11H17NO5. The molecule has 0 bridgehead atoms. The molecule has 17 heavy (non-hydrogen) atoms. The number of carbonyl (C=O) groups is 1. The van der Waals surface area contributed by atoms with Gasteiger partial charge in [0.2, 0.25) is 5.76 Å². The Kier molecular flexibility index (Phi) is 6.31. The van der Waals surface area contributed by atoms with Crippen molar-refractivity contribution in [3.63, 3.8) is 0 Å². The Balaban J connectivity index is 2.19. The van der Waals surface area contributed by atoms with Gasteiger partial charge in [-0.05, 0) is 12.1 Å². The topological polar surface area (TPSA) is 83.9 Å². The highest BCUT2D eigenvalue weighted by Gasteiger charge is 2.10. The van der Waals surface area contributed by atoms with E-state index in [2.05, 4.69) is 4.74 Å². The zero-order chi connectivity index (χ0) is 12.5. The van der Waals surface area contributed by atoms with Crippen molar-refractivity contribution in [2.45, 2.75) is 6.61 Å². The van der Waals surface area contributed by atoms with E-state index in [1.165, 1.54) is 7.11 Å². The second-order valence-corrected chi connectivity index (χ2v) is 3.21. The van der Waals surface area contributed by atoms with Gasteiger partial charge in [0.25, 0.3) is 0 Å². The first kappa shape index (κ1) is 13.7. The van der Waals surface area contributed by atoms with Crippen LogP contribution < -0.4 is 5.73 Å². The van der Waals surface area contributed by atoms with Crippen LogP contribution in [0.5, 0.6) is 0 Å². The van der Waals surface area contributed by atoms with Crippen LogP contribution in [0.1, 0.15) is 16.3 Å². The first-order valence-electron chi connectivity index (χ1n) is 5.30. The molecule has 1 heterocycles. The van der Waals surface area contributed by atoms with Gasteiger partial charge in [-0.1, -0.05) is 0 Å². The summed E-state index contributed by atoms with van der Waals surface area (Å²) in [4.78, 5) is 11.1. The maximum absolute atomic E-state index is 11.1. The summed E-state index contributed by atoms with van der Waals surface area (Å²) in [6, 6.07) is 3.22. The SMILES string of the molecule is COC(=O)c1ccc(COCCOCCN)o1. The Morgan fingerprint density at radius 2 is 2.06 bits per heavy atom. The van der Waals surface area contributed by atoms with Crippen LogP contribution in [0, 0.1) is 0 Å². The second kappa shape index (κ2) is 7.83. The lowest BCUT2D eigenvalue weighted by Crippen LogP contribution is -2.11. The maximum atomic E-state index is 11.1. The molecule has 1 aromatic heterocycles. The molecule has 1 rings (SSSR count). The lowest BCUT2D eigenvalue weighted by Gasteiger charge is -2.03. The van der Waals surface area contributed by atoms with Gasteiger partial charge in [-0.25, -0.2) is 4.79 Å². The molecule has 0 radical (unpaired) electrons. The predicted octanol–water partition coefficient (Wildman–Crippen LogP) is 0.558. The van der Waals surface area contributed by atoms with Crippen LogP contribution >= 0.6 is 0 Å². The summed E-state index contributed by atoms with van der Waals surface area (Å²) in [5.41, 5.74) is 5.25. The fourth-order valence-electron chi connectivity index (χ4n) is 1.14. The van der Waals surface area contributed by atoms with Crippen LogP contribution in [0.3, 0.4) is 0 Å². The van der Waals surface area contributed by atoms with E-state index in [-0.39, 0.29) is 5.76 Å². The average Bonchev–Trinajstić information content (AvgIpc) is 2.81. The van der Waals surface area contributed by atoms with Gasteiger partial charge in [-0.2, -0.15) is 0 Å². The number of furan rings is 1. The molecule has 0 aliphatic heterocycles. The van der Waals surface area contributed by atoms with Gasteiger partial charge < -0.3 is 24.4 Å². The summed E-state index contributed by atoms with van der Waals surface area (Å²) in [5, 5.41) is 0. The molecule has 0 unspecified atom stereocenters. The molecule has 0 saturated heterocycles. The monoisotopic (exact) mass is 243 g/mol. The summed E-state index contributed by atoms with van der Waals surface area (Å²) in [5.74, 6) is 0.247. The van der Waals surface area contributed by atoms with Gasteiger partial charge in [0, 0.05) is 6.54 Å². The number of carbonyl (C=O) groups excluding carboxylic acids is 1. The van der Waals surface area contributed by atoms with E-state index in [4.69, 9.17) is 19.6 Å². The lowest BCUT2D eigenvalue weighted by atomic mass is 10.4. The van der Waals surface area contributed by atoms with Gasteiger partial charge in [0.15, 0.2) is 0 Å². The van der Waals surface area contributed by atoms with Crippen LogP contribution in [0.15, 0.2) is 16.5 Å². The summed E-state index contributed by atoms with van der Waals surface area (Å²) < 4.78 is 20.1. The van der Waals surface area contributed by atoms with Gasteiger partial charge in [0.1, 0.15) is 12.4 Å². The quantitative estimate of drug-likeness (QED) is 0.530. The van der Waals surface area contributed by atoms with Crippen molar-refractivity contribution in [2.24, 2.45) is 5.73 Å². The zero-order valence-corrected chi connectivity index (χ0v) is 9.81. The fraction of sp³-hybridized carbons (Fsp3) is 0.545. The van der Waals surface area contributed by atoms with Gasteiger partial charge in [0.05, 0.1) is 26.9 Å². The van der Waals surface area contributed by atoms with E-state index in [1.807, 2.05) is 0 Å². The van der Waals surface area contributed by atoms with E-state index >= 15 is 0 Å². The number of hydrogen-bond acceptors (Lipinski definition) is 6. The maximum Gasteiger partial charge on any atom is 0.373 e. The third-order valence-electron chi connectivity index (χ3n) is 1.93. The van der Waals surface area contributed by atoms with Crippen molar-refractivity contribution in [2.75, 3.05) is 33.5 Å². The van der Waals surface area contributed by atoms with Crippen molar-refractivity contribution >= 4 is 5.97 Å². The molecule has 0 amide bonds. The van der Waals surface area contributed by atoms with Crippen molar-refractivity contribution < 1.29 is 23.4 Å². The predicted molar refractivity (Wildman–Crippen MR) is 59.6 cm³/mol. The standard InChI is InChI=1S/C11H17NO5/c1-14-11(13)10-3-2-9(17-10)8-16-7-6-15-5-4-12/h2-3H,4-8,12H2,1H3. The molecule has 0 aliphatic rings. The fourth-order valence-corrected chi connectivity index (χ4v) is 1.14. The van der Waals surface area contributed by atoms with E-state index in [0.29, 0.717) is 38.7 Å². The Morgan fingerprint density at radius 1 is 1.29 bits per heavy atom. The van der Waals surface area contributed by atoms with Gasteiger partial charge in [-0.15, -0.1) is 0 Å². The molecular weight excluding hydrogens is 226 g/mol. The van der Waals surface area contributed by atoms with Crippen molar-refractivity contribution in [3.05, 3.63) is 23.7 Å². The highest BCUT2D eigenvalue weighted by molar-refractivity contribution is 5.86.